The van der Waals surface area contributed by atoms with E-state index in [9.17, 15) is 9.59 Å². The maximum atomic E-state index is 13.0. The minimum absolute atomic E-state index is 0.0817. The first-order valence-corrected chi connectivity index (χ1v) is 9.01. The number of carbonyl (C=O) groups is 1. The molecule has 1 aromatic heterocycles. The highest BCUT2D eigenvalue weighted by Crippen LogP contribution is 2.36. The standard InChI is InChI=1S/C19H23N3O2/c1-2-22-16-10-6-5-9-14(16)18(23)17(20-22)19(24)21-12-11-15(21)13-7-3-4-8-13/h5-6,9-10,13,15H,2-4,7-8,11-12H2,1H3/t15-/m0/s1. The molecule has 2 aliphatic rings. The lowest BCUT2D eigenvalue weighted by atomic mass is 9.87. The molecule has 0 bridgehead atoms. The third-order valence-corrected chi connectivity index (χ3v) is 5.64. The smallest absolute Gasteiger partial charge is 0.278 e. The van der Waals surface area contributed by atoms with E-state index in [1.54, 1.807) is 10.7 Å². The number of hydrogen-bond acceptors (Lipinski definition) is 3. The second kappa shape index (κ2) is 6.04. The van der Waals surface area contributed by atoms with Crippen LogP contribution in [0, 0.1) is 5.92 Å². The van der Waals surface area contributed by atoms with Gasteiger partial charge in [0.25, 0.3) is 5.91 Å². The number of amides is 1. The van der Waals surface area contributed by atoms with Gasteiger partial charge in [-0.2, -0.15) is 5.10 Å². The molecule has 1 atom stereocenters. The Kier molecular flexibility index (Phi) is 3.87. The molecule has 24 heavy (non-hydrogen) atoms. The number of rotatable bonds is 3. The van der Waals surface area contributed by atoms with Crippen LogP contribution < -0.4 is 5.43 Å². The molecule has 1 aliphatic carbocycles. The van der Waals surface area contributed by atoms with Crippen molar-refractivity contribution >= 4 is 16.8 Å². The third-order valence-electron chi connectivity index (χ3n) is 5.64. The van der Waals surface area contributed by atoms with Gasteiger partial charge in [-0.3, -0.25) is 14.3 Å². The van der Waals surface area contributed by atoms with Crippen LogP contribution in [0.3, 0.4) is 0 Å². The zero-order chi connectivity index (χ0) is 16.7. The van der Waals surface area contributed by atoms with Crippen LogP contribution in [0.25, 0.3) is 10.9 Å². The van der Waals surface area contributed by atoms with Gasteiger partial charge in [-0.25, -0.2) is 0 Å². The summed E-state index contributed by atoms with van der Waals surface area (Å²) in [4.78, 5) is 27.6. The summed E-state index contributed by atoms with van der Waals surface area (Å²) >= 11 is 0. The fourth-order valence-corrected chi connectivity index (χ4v) is 4.25. The molecule has 1 amide bonds. The molecule has 5 heteroatoms. The van der Waals surface area contributed by atoms with Crippen molar-refractivity contribution in [3.8, 4) is 0 Å². The summed E-state index contributed by atoms with van der Waals surface area (Å²) in [6.45, 7) is 3.36. The largest absolute Gasteiger partial charge is 0.334 e. The summed E-state index contributed by atoms with van der Waals surface area (Å²) in [6.07, 6.45) is 6.00. The summed E-state index contributed by atoms with van der Waals surface area (Å²) in [5.41, 5.74) is 0.633. The Balaban J connectivity index is 1.72. The second-order valence-electron chi connectivity index (χ2n) is 6.91. The predicted molar refractivity (Wildman–Crippen MR) is 93.1 cm³/mol. The molecular formula is C19H23N3O2. The average Bonchev–Trinajstić information content (AvgIpc) is 3.08. The van der Waals surface area contributed by atoms with Gasteiger partial charge in [-0.1, -0.05) is 25.0 Å². The number of carbonyl (C=O) groups excluding carboxylic acids is 1. The molecule has 126 valence electrons. The lowest BCUT2D eigenvalue weighted by molar-refractivity contribution is 0.0299. The van der Waals surface area contributed by atoms with Gasteiger partial charge in [-0.05, 0) is 44.2 Å². The number of benzene rings is 1. The zero-order valence-electron chi connectivity index (χ0n) is 14.1. The van der Waals surface area contributed by atoms with Gasteiger partial charge in [0.1, 0.15) is 0 Å². The Morgan fingerprint density at radius 1 is 1.21 bits per heavy atom. The maximum absolute atomic E-state index is 13.0. The molecule has 0 unspecified atom stereocenters. The van der Waals surface area contributed by atoms with Crippen molar-refractivity contribution in [2.45, 2.75) is 51.6 Å². The molecule has 0 N–H and O–H groups in total. The van der Waals surface area contributed by atoms with Crippen LogP contribution in [0.2, 0.25) is 0 Å². The topological polar surface area (TPSA) is 55.2 Å². The maximum Gasteiger partial charge on any atom is 0.278 e. The van der Waals surface area contributed by atoms with Gasteiger partial charge in [0, 0.05) is 24.5 Å². The minimum atomic E-state index is -0.239. The molecule has 0 radical (unpaired) electrons. The number of nitrogens with zero attached hydrogens (tertiary/aromatic N) is 3. The molecule has 2 aromatic rings. The Bertz CT molecular complexity index is 836. The molecule has 0 spiro atoms. The van der Waals surface area contributed by atoms with Crippen molar-refractivity contribution in [1.82, 2.24) is 14.7 Å². The van der Waals surface area contributed by atoms with E-state index >= 15 is 0 Å². The first-order valence-electron chi connectivity index (χ1n) is 9.01. The zero-order valence-corrected chi connectivity index (χ0v) is 14.1. The number of aromatic nitrogens is 2. The summed E-state index contributed by atoms with van der Waals surface area (Å²) in [6, 6.07) is 7.70. The quantitative estimate of drug-likeness (QED) is 0.872. The van der Waals surface area contributed by atoms with Crippen molar-refractivity contribution in [1.29, 1.82) is 0 Å². The molecule has 2 heterocycles. The van der Waals surface area contributed by atoms with Crippen molar-refractivity contribution in [3.05, 3.63) is 40.2 Å². The Labute approximate surface area is 141 Å². The van der Waals surface area contributed by atoms with Gasteiger partial charge in [0.05, 0.1) is 5.52 Å². The Hall–Kier alpha value is -2.17. The van der Waals surface area contributed by atoms with Gasteiger partial charge in [0.2, 0.25) is 5.43 Å². The van der Waals surface area contributed by atoms with E-state index in [1.165, 1.54) is 25.7 Å². The predicted octanol–water partition coefficient (Wildman–Crippen LogP) is 2.82. The summed E-state index contributed by atoms with van der Waals surface area (Å²) in [7, 11) is 0. The number of para-hydroxylation sites is 1. The lowest BCUT2D eigenvalue weighted by Crippen LogP contribution is -2.55. The number of likely N-dealkylation sites (tertiary alicyclic amines) is 1. The van der Waals surface area contributed by atoms with Crippen molar-refractivity contribution in [3.63, 3.8) is 0 Å². The molecule has 1 aromatic carbocycles. The van der Waals surface area contributed by atoms with E-state index in [4.69, 9.17) is 0 Å². The highest BCUT2D eigenvalue weighted by Gasteiger charge is 2.40. The van der Waals surface area contributed by atoms with Gasteiger partial charge in [0.15, 0.2) is 5.69 Å². The molecule has 1 aliphatic heterocycles. The van der Waals surface area contributed by atoms with Crippen LogP contribution in [-0.2, 0) is 6.54 Å². The number of fused-ring (bicyclic) bond motifs is 1. The molecule has 4 rings (SSSR count). The Morgan fingerprint density at radius 3 is 2.62 bits per heavy atom. The lowest BCUT2D eigenvalue weighted by Gasteiger charge is -2.44. The van der Waals surface area contributed by atoms with E-state index in [0.717, 1.165) is 18.5 Å². The monoisotopic (exact) mass is 325 g/mol. The van der Waals surface area contributed by atoms with E-state index in [-0.39, 0.29) is 17.0 Å². The summed E-state index contributed by atoms with van der Waals surface area (Å²) < 4.78 is 1.76. The minimum Gasteiger partial charge on any atom is -0.334 e. The third kappa shape index (κ3) is 2.34. The molecule has 1 saturated heterocycles. The molecular weight excluding hydrogens is 302 g/mol. The summed E-state index contributed by atoms with van der Waals surface area (Å²) in [5.74, 6) is 0.424. The van der Waals surface area contributed by atoms with E-state index in [1.807, 2.05) is 30.0 Å². The van der Waals surface area contributed by atoms with Crippen LogP contribution >= 0.6 is 0 Å². The first-order chi connectivity index (χ1) is 11.7. The second-order valence-corrected chi connectivity index (χ2v) is 6.91. The van der Waals surface area contributed by atoms with Crippen LogP contribution in [0.4, 0.5) is 0 Å². The van der Waals surface area contributed by atoms with Crippen molar-refractivity contribution < 1.29 is 4.79 Å². The molecule has 1 saturated carbocycles. The van der Waals surface area contributed by atoms with Gasteiger partial charge in [-0.15, -0.1) is 0 Å². The fourth-order valence-electron chi connectivity index (χ4n) is 4.25. The first kappa shape index (κ1) is 15.4. The van der Waals surface area contributed by atoms with E-state index in [2.05, 4.69) is 5.10 Å². The van der Waals surface area contributed by atoms with Crippen LogP contribution in [0.1, 0.15) is 49.5 Å². The molecule has 5 nitrogen and oxygen atoms in total. The van der Waals surface area contributed by atoms with Crippen LogP contribution in [0.15, 0.2) is 29.1 Å². The number of hydrogen-bond donors (Lipinski definition) is 0. The normalized spacial score (nSPS) is 21.2. The van der Waals surface area contributed by atoms with Crippen molar-refractivity contribution in [2.75, 3.05) is 6.54 Å². The fraction of sp³-hybridized carbons (Fsp3) is 0.526. The number of aryl methyl sites for hydroxylation is 1. The van der Waals surface area contributed by atoms with Crippen molar-refractivity contribution in [2.24, 2.45) is 5.92 Å². The van der Waals surface area contributed by atoms with Crippen LogP contribution in [-0.4, -0.2) is 33.2 Å². The van der Waals surface area contributed by atoms with E-state index < -0.39 is 0 Å². The SMILES string of the molecule is CCn1nc(C(=O)N2CC[C@H]2C2CCCC2)c(=O)c2ccccc21. The van der Waals surface area contributed by atoms with Gasteiger partial charge >= 0.3 is 0 Å². The highest BCUT2D eigenvalue weighted by atomic mass is 16.2. The van der Waals surface area contributed by atoms with Gasteiger partial charge < -0.3 is 4.90 Å². The molecule has 2 fully saturated rings. The Morgan fingerprint density at radius 2 is 1.96 bits per heavy atom. The highest BCUT2D eigenvalue weighted by molar-refractivity contribution is 5.96. The van der Waals surface area contributed by atoms with Crippen LogP contribution in [0.5, 0.6) is 0 Å². The van der Waals surface area contributed by atoms with E-state index in [0.29, 0.717) is 23.9 Å². The average molecular weight is 325 g/mol. The summed E-state index contributed by atoms with van der Waals surface area (Å²) in [5, 5.41) is 4.98.